The second kappa shape index (κ2) is 4.94. The number of Topliss-reactive ketones (excluding diaryl/α,β-unsaturated/α-hetero) is 1. The predicted octanol–water partition coefficient (Wildman–Crippen LogP) is 2.03. The van der Waals surface area contributed by atoms with Gasteiger partial charge in [0.15, 0.2) is 5.78 Å². The van der Waals surface area contributed by atoms with Gasteiger partial charge >= 0.3 is 0 Å². The standard InChI is InChI=1S/C13H15NO2/c14-12-5-3-10(4-6-12)8-11-2-1-7-16-9-13(11)15/h3-6,8H,1-2,7,9,14H2/b11-8-. The van der Waals surface area contributed by atoms with E-state index in [0.29, 0.717) is 6.61 Å². The lowest BCUT2D eigenvalue weighted by atomic mass is 10.0. The van der Waals surface area contributed by atoms with Crippen LogP contribution in [-0.4, -0.2) is 19.0 Å². The van der Waals surface area contributed by atoms with E-state index in [4.69, 9.17) is 10.5 Å². The maximum Gasteiger partial charge on any atom is 0.184 e. The summed E-state index contributed by atoms with van der Waals surface area (Å²) in [5.74, 6) is 0.0920. The van der Waals surface area contributed by atoms with E-state index in [0.717, 1.165) is 29.7 Å². The molecular weight excluding hydrogens is 202 g/mol. The van der Waals surface area contributed by atoms with Crippen molar-refractivity contribution < 1.29 is 9.53 Å². The number of rotatable bonds is 1. The van der Waals surface area contributed by atoms with Gasteiger partial charge < -0.3 is 10.5 Å². The Morgan fingerprint density at radius 2 is 2.00 bits per heavy atom. The first-order valence-corrected chi connectivity index (χ1v) is 5.43. The first-order chi connectivity index (χ1) is 7.75. The second-order valence-electron chi connectivity index (χ2n) is 3.92. The zero-order valence-corrected chi connectivity index (χ0v) is 9.11. The van der Waals surface area contributed by atoms with Crippen molar-refractivity contribution in [2.24, 2.45) is 0 Å². The number of hydrogen-bond acceptors (Lipinski definition) is 3. The number of hydrogen-bond donors (Lipinski definition) is 1. The summed E-state index contributed by atoms with van der Waals surface area (Å²) in [6, 6.07) is 7.51. The van der Waals surface area contributed by atoms with Crippen LogP contribution in [0.2, 0.25) is 0 Å². The average molecular weight is 217 g/mol. The number of ketones is 1. The van der Waals surface area contributed by atoms with Crippen LogP contribution in [0.1, 0.15) is 18.4 Å². The van der Waals surface area contributed by atoms with Gasteiger partial charge in [0.25, 0.3) is 0 Å². The molecule has 0 saturated carbocycles. The number of ether oxygens (including phenoxy) is 1. The Morgan fingerprint density at radius 3 is 2.75 bits per heavy atom. The molecule has 1 aliphatic rings. The molecule has 0 bridgehead atoms. The summed E-state index contributed by atoms with van der Waals surface area (Å²) in [4.78, 5) is 11.7. The number of nitrogen functional groups attached to an aromatic ring is 1. The molecule has 0 radical (unpaired) electrons. The van der Waals surface area contributed by atoms with Crippen molar-refractivity contribution in [2.45, 2.75) is 12.8 Å². The molecule has 1 aliphatic heterocycles. The lowest BCUT2D eigenvalue weighted by Gasteiger charge is -2.01. The summed E-state index contributed by atoms with van der Waals surface area (Å²) in [5.41, 5.74) is 8.20. The monoisotopic (exact) mass is 217 g/mol. The Morgan fingerprint density at radius 1 is 1.25 bits per heavy atom. The Bertz CT molecular complexity index is 406. The molecule has 0 unspecified atom stereocenters. The van der Waals surface area contributed by atoms with E-state index in [1.54, 1.807) is 0 Å². The maximum absolute atomic E-state index is 11.7. The minimum atomic E-state index is 0.0920. The summed E-state index contributed by atoms with van der Waals surface area (Å²) < 4.78 is 5.18. The van der Waals surface area contributed by atoms with Crippen LogP contribution in [0.5, 0.6) is 0 Å². The summed E-state index contributed by atoms with van der Waals surface area (Å²) in [5, 5.41) is 0. The van der Waals surface area contributed by atoms with E-state index >= 15 is 0 Å². The van der Waals surface area contributed by atoms with Crippen molar-refractivity contribution in [3.63, 3.8) is 0 Å². The molecule has 0 amide bonds. The summed E-state index contributed by atoms with van der Waals surface area (Å²) in [6.45, 7) is 0.881. The number of carbonyl (C=O) groups is 1. The van der Waals surface area contributed by atoms with E-state index in [1.165, 1.54) is 0 Å². The Balaban J connectivity index is 2.21. The summed E-state index contributed by atoms with van der Waals surface area (Å²) in [7, 11) is 0. The number of nitrogens with two attached hydrogens (primary N) is 1. The highest BCUT2D eigenvalue weighted by Crippen LogP contribution is 2.16. The fourth-order valence-corrected chi connectivity index (χ4v) is 1.71. The minimum Gasteiger partial charge on any atom is -0.399 e. The predicted molar refractivity (Wildman–Crippen MR) is 63.9 cm³/mol. The number of anilines is 1. The molecule has 0 aromatic heterocycles. The molecule has 1 aromatic rings. The molecule has 2 N–H and O–H groups in total. The fourth-order valence-electron chi connectivity index (χ4n) is 1.71. The molecule has 1 fully saturated rings. The van der Waals surface area contributed by atoms with E-state index in [-0.39, 0.29) is 12.4 Å². The molecule has 3 heteroatoms. The molecule has 16 heavy (non-hydrogen) atoms. The van der Waals surface area contributed by atoms with Crippen LogP contribution < -0.4 is 5.73 Å². The zero-order chi connectivity index (χ0) is 11.4. The van der Waals surface area contributed by atoms with Crippen molar-refractivity contribution in [1.29, 1.82) is 0 Å². The number of benzene rings is 1. The largest absolute Gasteiger partial charge is 0.399 e. The topological polar surface area (TPSA) is 52.3 Å². The van der Waals surface area contributed by atoms with Gasteiger partial charge in [-0.25, -0.2) is 0 Å². The molecule has 3 nitrogen and oxygen atoms in total. The normalized spacial score (nSPS) is 19.8. The maximum atomic E-state index is 11.7. The van der Waals surface area contributed by atoms with Gasteiger partial charge in [0.1, 0.15) is 6.61 Å². The van der Waals surface area contributed by atoms with Crippen LogP contribution in [0.25, 0.3) is 6.08 Å². The molecule has 1 heterocycles. The smallest absolute Gasteiger partial charge is 0.184 e. The van der Waals surface area contributed by atoms with Crippen LogP contribution in [0.15, 0.2) is 29.8 Å². The van der Waals surface area contributed by atoms with Crippen LogP contribution in [-0.2, 0) is 9.53 Å². The van der Waals surface area contributed by atoms with Crippen molar-refractivity contribution >= 4 is 17.5 Å². The average Bonchev–Trinajstić information content (AvgIpc) is 2.48. The third-order valence-corrected chi connectivity index (χ3v) is 2.60. The van der Waals surface area contributed by atoms with Gasteiger partial charge in [0.05, 0.1) is 0 Å². The molecule has 0 aliphatic carbocycles. The Hall–Kier alpha value is -1.61. The van der Waals surface area contributed by atoms with Crippen LogP contribution >= 0.6 is 0 Å². The Labute approximate surface area is 94.9 Å². The van der Waals surface area contributed by atoms with Gasteiger partial charge in [-0.3, -0.25) is 4.79 Å². The first kappa shape index (κ1) is 10.9. The van der Waals surface area contributed by atoms with E-state index in [1.807, 2.05) is 30.3 Å². The minimum absolute atomic E-state index is 0.0920. The van der Waals surface area contributed by atoms with Crippen molar-refractivity contribution in [3.05, 3.63) is 35.4 Å². The highest BCUT2D eigenvalue weighted by atomic mass is 16.5. The third kappa shape index (κ3) is 2.70. The third-order valence-electron chi connectivity index (χ3n) is 2.60. The summed E-state index contributed by atoms with van der Waals surface area (Å²) in [6.07, 6.45) is 3.63. The van der Waals surface area contributed by atoms with E-state index < -0.39 is 0 Å². The number of carbonyl (C=O) groups excluding carboxylic acids is 1. The molecule has 0 spiro atoms. The fraction of sp³-hybridized carbons (Fsp3) is 0.308. The van der Waals surface area contributed by atoms with Gasteiger partial charge in [-0.05, 0) is 42.2 Å². The van der Waals surface area contributed by atoms with Crippen molar-refractivity contribution in [3.8, 4) is 0 Å². The van der Waals surface area contributed by atoms with Gasteiger partial charge in [0.2, 0.25) is 0 Å². The van der Waals surface area contributed by atoms with Crippen LogP contribution in [0.3, 0.4) is 0 Å². The van der Waals surface area contributed by atoms with Gasteiger partial charge in [-0.2, -0.15) is 0 Å². The zero-order valence-electron chi connectivity index (χ0n) is 9.11. The molecule has 0 atom stereocenters. The lowest BCUT2D eigenvalue weighted by Crippen LogP contribution is -2.07. The molecule has 1 aromatic carbocycles. The quantitative estimate of drug-likeness (QED) is 0.578. The second-order valence-corrected chi connectivity index (χ2v) is 3.92. The Kier molecular flexibility index (Phi) is 3.37. The van der Waals surface area contributed by atoms with Gasteiger partial charge in [-0.15, -0.1) is 0 Å². The van der Waals surface area contributed by atoms with Gasteiger partial charge in [0, 0.05) is 12.3 Å². The SMILES string of the molecule is Nc1ccc(/C=C2/CCCOCC2=O)cc1. The molecular formula is C13H15NO2. The van der Waals surface area contributed by atoms with Crippen molar-refractivity contribution in [2.75, 3.05) is 18.9 Å². The van der Waals surface area contributed by atoms with E-state index in [2.05, 4.69) is 0 Å². The molecule has 84 valence electrons. The molecule has 2 rings (SSSR count). The van der Waals surface area contributed by atoms with Crippen molar-refractivity contribution in [1.82, 2.24) is 0 Å². The molecule has 1 saturated heterocycles. The van der Waals surface area contributed by atoms with Crippen LogP contribution in [0, 0.1) is 0 Å². The highest BCUT2D eigenvalue weighted by Gasteiger charge is 2.13. The van der Waals surface area contributed by atoms with E-state index in [9.17, 15) is 4.79 Å². The van der Waals surface area contributed by atoms with Gasteiger partial charge in [-0.1, -0.05) is 12.1 Å². The van der Waals surface area contributed by atoms with Crippen LogP contribution in [0.4, 0.5) is 5.69 Å². The first-order valence-electron chi connectivity index (χ1n) is 5.43. The highest BCUT2D eigenvalue weighted by molar-refractivity contribution is 6.00. The lowest BCUT2D eigenvalue weighted by molar-refractivity contribution is -0.119. The summed E-state index contributed by atoms with van der Waals surface area (Å²) >= 11 is 0.